The second-order valence-electron chi connectivity index (χ2n) is 3.75. The molecule has 17 heavy (non-hydrogen) atoms. The third kappa shape index (κ3) is 3.64. The zero-order chi connectivity index (χ0) is 12.8. The standard InChI is InChI=1S/C12H17NO4/c1-8(12(13)15)7-17-11-4-3-10(16-2)5-9(11)6-14/h3-5,8,14H,6-7H2,1-2H3,(H2,13,15). The van der Waals surface area contributed by atoms with E-state index in [1.165, 1.54) is 0 Å². The van der Waals surface area contributed by atoms with Gasteiger partial charge in [-0.05, 0) is 18.2 Å². The van der Waals surface area contributed by atoms with Gasteiger partial charge in [-0.25, -0.2) is 0 Å². The van der Waals surface area contributed by atoms with Crippen LogP contribution < -0.4 is 15.2 Å². The van der Waals surface area contributed by atoms with E-state index in [1.807, 2.05) is 0 Å². The Morgan fingerprint density at radius 2 is 2.24 bits per heavy atom. The number of hydrogen-bond acceptors (Lipinski definition) is 4. The number of nitrogens with two attached hydrogens (primary N) is 1. The van der Waals surface area contributed by atoms with Crippen molar-refractivity contribution in [1.82, 2.24) is 0 Å². The van der Waals surface area contributed by atoms with Crippen molar-refractivity contribution in [2.24, 2.45) is 11.7 Å². The van der Waals surface area contributed by atoms with Crippen molar-refractivity contribution in [3.05, 3.63) is 23.8 Å². The largest absolute Gasteiger partial charge is 0.497 e. The van der Waals surface area contributed by atoms with Crippen LogP contribution in [-0.4, -0.2) is 24.7 Å². The Morgan fingerprint density at radius 3 is 2.76 bits per heavy atom. The predicted molar refractivity (Wildman–Crippen MR) is 62.8 cm³/mol. The van der Waals surface area contributed by atoms with Crippen molar-refractivity contribution in [3.8, 4) is 11.5 Å². The van der Waals surface area contributed by atoms with Gasteiger partial charge in [0.2, 0.25) is 5.91 Å². The lowest BCUT2D eigenvalue weighted by Crippen LogP contribution is -2.26. The Morgan fingerprint density at radius 1 is 1.53 bits per heavy atom. The summed E-state index contributed by atoms with van der Waals surface area (Å²) in [6.07, 6.45) is 0. The van der Waals surface area contributed by atoms with E-state index in [4.69, 9.17) is 15.2 Å². The number of carbonyl (C=O) groups excluding carboxylic acids is 1. The second-order valence-corrected chi connectivity index (χ2v) is 3.75. The first-order chi connectivity index (χ1) is 8.08. The van der Waals surface area contributed by atoms with Crippen molar-refractivity contribution < 1.29 is 19.4 Å². The van der Waals surface area contributed by atoms with Crippen LogP contribution in [0.15, 0.2) is 18.2 Å². The second kappa shape index (κ2) is 6.10. The minimum Gasteiger partial charge on any atom is -0.497 e. The first-order valence-corrected chi connectivity index (χ1v) is 5.28. The number of aliphatic hydroxyl groups excluding tert-OH is 1. The molecule has 0 aliphatic rings. The van der Waals surface area contributed by atoms with Crippen molar-refractivity contribution in [1.29, 1.82) is 0 Å². The normalized spacial score (nSPS) is 11.9. The van der Waals surface area contributed by atoms with Gasteiger partial charge in [0.15, 0.2) is 0 Å². The molecular formula is C12H17NO4. The molecule has 1 unspecified atom stereocenters. The van der Waals surface area contributed by atoms with E-state index in [-0.39, 0.29) is 19.1 Å². The fourth-order valence-electron chi connectivity index (χ4n) is 1.24. The number of hydrogen-bond donors (Lipinski definition) is 2. The Hall–Kier alpha value is -1.75. The molecule has 1 rings (SSSR count). The van der Waals surface area contributed by atoms with Crippen molar-refractivity contribution in [2.75, 3.05) is 13.7 Å². The molecule has 0 radical (unpaired) electrons. The molecule has 0 aromatic heterocycles. The maximum atomic E-state index is 10.8. The molecule has 5 nitrogen and oxygen atoms in total. The molecule has 0 bridgehead atoms. The van der Waals surface area contributed by atoms with Crippen LogP contribution in [0.4, 0.5) is 0 Å². The van der Waals surface area contributed by atoms with Crippen LogP contribution in [0, 0.1) is 5.92 Å². The highest BCUT2D eigenvalue weighted by atomic mass is 16.5. The molecule has 1 atom stereocenters. The highest BCUT2D eigenvalue weighted by Gasteiger charge is 2.11. The summed E-state index contributed by atoms with van der Waals surface area (Å²) in [5, 5.41) is 9.19. The van der Waals surface area contributed by atoms with Gasteiger partial charge >= 0.3 is 0 Å². The van der Waals surface area contributed by atoms with E-state index in [0.29, 0.717) is 17.1 Å². The number of benzene rings is 1. The molecule has 0 aliphatic carbocycles. The van der Waals surface area contributed by atoms with Gasteiger partial charge in [0.25, 0.3) is 0 Å². The maximum absolute atomic E-state index is 10.8. The van der Waals surface area contributed by atoms with Crippen LogP contribution in [-0.2, 0) is 11.4 Å². The monoisotopic (exact) mass is 239 g/mol. The lowest BCUT2D eigenvalue weighted by Gasteiger charge is -2.13. The first kappa shape index (κ1) is 13.3. The minimum atomic E-state index is -0.413. The number of aliphatic hydroxyl groups is 1. The van der Waals surface area contributed by atoms with Gasteiger partial charge in [-0.1, -0.05) is 6.92 Å². The number of ether oxygens (including phenoxy) is 2. The third-order valence-corrected chi connectivity index (χ3v) is 2.41. The Labute approximate surface area is 100 Å². The SMILES string of the molecule is COc1ccc(OCC(C)C(N)=O)c(CO)c1. The average Bonchev–Trinajstić information content (AvgIpc) is 2.35. The lowest BCUT2D eigenvalue weighted by molar-refractivity contribution is -0.122. The summed E-state index contributed by atoms with van der Waals surface area (Å²) in [4.78, 5) is 10.8. The third-order valence-electron chi connectivity index (χ3n) is 2.41. The van der Waals surface area contributed by atoms with E-state index in [1.54, 1.807) is 32.2 Å². The number of amides is 1. The van der Waals surface area contributed by atoms with Crippen molar-refractivity contribution in [2.45, 2.75) is 13.5 Å². The molecule has 1 amide bonds. The lowest BCUT2D eigenvalue weighted by atomic mass is 10.2. The van der Waals surface area contributed by atoms with E-state index in [0.717, 1.165) is 0 Å². The first-order valence-electron chi connectivity index (χ1n) is 5.28. The number of rotatable bonds is 6. The molecule has 0 heterocycles. The van der Waals surface area contributed by atoms with Crippen LogP contribution in [0.2, 0.25) is 0 Å². The Balaban J connectivity index is 2.73. The van der Waals surface area contributed by atoms with Gasteiger partial charge in [0, 0.05) is 5.56 Å². The summed E-state index contributed by atoms with van der Waals surface area (Å²) in [5.41, 5.74) is 5.74. The molecular weight excluding hydrogens is 222 g/mol. The smallest absolute Gasteiger partial charge is 0.223 e. The van der Waals surface area contributed by atoms with Crippen LogP contribution in [0.3, 0.4) is 0 Å². The van der Waals surface area contributed by atoms with Gasteiger partial charge in [-0.2, -0.15) is 0 Å². The topological polar surface area (TPSA) is 81.8 Å². The predicted octanol–water partition coefficient (Wildman–Crippen LogP) is 0.688. The van der Waals surface area contributed by atoms with E-state index < -0.39 is 5.91 Å². The fraction of sp³-hybridized carbons (Fsp3) is 0.417. The summed E-state index contributed by atoms with van der Waals surface area (Å²) >= 11 is 0. The van der Waals surface area contributed by atoms with Gasteiger partial charge in [-0.15, -0.1) is 0 Å². The van der Waals surface area contributed by atoms with Gasteiger partial charge < -0.3 is 20.3 Å². The molecule has 0 saturated heterocycles. The summed E-state index contributed by atoms with van der Waals surface area (Å²) in [5.74, 6) is 0.387. The molecule has 0 aliphatic heterocycles. The van der Waals surface area contributed by atoms with E-state index >= 15 is 0 Å². The average molecular weight is 239 g/mol. The summed E-state index contributed by atoms with van der Waals surface area (Å²) < 4.78 is 10.5. The van der Waals surface area contributed by atoms with Crippen LogP contribution >= 0.6 is 0 Å². The Kier molecular flexibility index (Phi) is 4.78. The summed E-state index contributed by atoms with van der Waals surface area (Å²) in [6, 6.07) is 5.10. The van der Waals surface area contributed by atoms with Crippen LogP contribution in [0.25, 0.3) is 0 Å². The zero-order valence-corrected chi connectivity index (χ0v) is 9.97. The molecule has 0 spiro atoms. The van der Waals surface area contributed by atoms with E-state index in [2.05, 4.69) is 0 Å². The highest BCUT2D eigenvalue weighted by Crippen LogP contribution is 2.24. The van der Waals surface area contributed by atoms with Crippen molar-refractivity contribution in [3.63, 3.8) is 0 Å². The molecule has 94 valence electrons. The summed E-state index contributed by atoms with van der Waals surface area (Å²) in [7, 11) is 1.55. The summed E-state index contributed by atoms with van der Waals surface area (Å²) in [6.45, 7) is 1.72. The minimum absolute atomic E-state index is 0.155. The van der Waals surface area contributed by atoms with Crippen molar-refractivity contribution >= 4 is 5.91 Å². The zero-order valence-electron chi connectivity index (χ0n) is 9.97. The maximum Gasteiger partial charge on any atom is 0.223 e. The van der Waals surface area contributed by atoms with Gasteiger partial charge in [0.1, 0.15) is 11.5 Å². The Bertz CT molecular complexity index is 392. The molecule has 1 aromatic rings. The molecule has 3 N–H and O–H groups in total. The number of carbonyl (C=O) groups is 1. The number of primary amides is 1. The molecule has 0 fully saturated rings. The quantitative estimate of drug-likeness (QED) is 0.765. The molecule has 0 saturated carbocycles. The molecule has 1 aromatic carbocycles. The van der Waals surface area contributed by atoms with Gasteiger partial charge in [0.05, 0.1) is 26.2 Å². The van der Waals surface area contributed by atoms with E-state index in [9.17, 15) is 9.90 Å². The van der Waals surface area contributed by atoms with Crippen LogP contribution in [0.5, 0.6) is 11.5 Å². The number of methoxy groups -OCH3 is 1. The molecule has 5 heteroatoms. The highest BCUT2D eigenvalue weighted by molar-refractivity contribution is 5.76. The fourth-order valence-corrected chi connectivity index (χ4v) is 1.24. The van der Waals surface area contributed by atoms with Crippen LogP contribution in [0.1, 0.15) is 12.5 Å². The van der Waals surface area contributed by atoms with Gasteiger partial charge in [-0.3, -0.25) is 4.79 Å².